The first kappa shape index (κ1) is 65.4. The summed E-state index contributed by atoms with van der Waals surface area (Å²) in [6.45, 7) is 4.60. The van der Waals surface area contributed by atoms with Crippen LogP contribution < -0.4 is 0 Å². The number of ether oxygens (including phenoxy) is 4. The van der Waals surface area contributed by atoms with Gasteiger partial charge in [0.15, 0.2) is 6.29 Å². The van der Waals surface area contributed by atoms with Gasteiger partial charge in [0, 0.05) is 13.0 Å². The number of carbonyl (C=O) groups is 1. The monoisotopic (exact) mass is 977 g/mol. The summed E-state index contributed by atoms with van der Waals surface area (Å²) in [4.78, 5) is 12.9. The summed E-state index contributed by atoms with van der Waals surface area (Å²) in [5, 5.41) is 40.4. The van der Waals surface area contributed by atoms with Crippen LogP contribution in [-0.4, -0.2) is 89.6 Å². The van der Waals surface area contributed by atoms with Crippen LogP contribution in [0.2, 0.25) is 0 Å². The lowest BCUT2D eigenvalue weighted by molar-refractivity contribution is -0.305. The molecule has 6 atom stereocenters. The molecule has 0 spiro atoms. The number of aliphatic hydroxyl groups is 4. The van der Waals surface area contributed by atoms with Crippen LogP contribution in [0, 0.1) is 0 Å². The molecule has 1 aliphatic rings. The molecule has 406 valence electrons. The summed E-state index contributed by atoms with van der Waals surface area (Å²) in [5.41, 5.74) is 0. The first-order chi connectivity index (χ1) is 33.9. The van der Waals surface area contributed by atoms with E-state index in [0.29, 0.717) is 13.0 Å². The molecule has 4 N–H and O–H groups in total. The van der Waals surface area contributed by atoms with Crippen molar-refractivity contribution in [1.29, 1.82) is 0 Å². The second-order valence-electron chi connectivity index (χ2n) is 20.5. The van der Waals surface area contributed by atoms with Gasteiger partial charge in [-0.05, 0) is 51.4 Å². The van der Waals surface area contributed by atoms with Crippen molar-refractivity contribution in [2.45, 2.75) is 314 Å². The van der Waals surface area contributed by atoms with Gasteiger partial charge in [0.25, 0.3) is 0 Å². The molecule has 0 aromatic heterocycles. The van der Waals surface area contributed by atoms with Gasteiger partial charge in [-0.15, -0.1) is 0 Å². The quantitative estimate of drug-likeness (QED) is 0.0267. The highest BCUT2D eigenvalue weighted by atomic mass is 16.7. The Morgan fingerprint density at radius 1 is 0.464 bits per heavy atom. The number of esters is 1. The van der Waals surface area contributed by atoms with Crippen LogP contribution in [0.3, 0.4) is 0 Å². The van der Waals surface area contributed by atoms with Gasteiger partial charge in [-0.25, -0.2) is 0 Å². The molecule has 0 aromatic carbocycles. The summed E-state index contributed by atoms with van der Waals surface area (Å²) in [6, 6.07) is 0. The Bertz CT molecular complexity index is 1160. The Morgan fingerprint density at radius 2 is 0.841 bits per heavy atom. The number of hydrogen-bond donors (Lipinski definition) is 4. The topological polar surface area (TPSA) is 135 Å². The molecule has 0 radical (unpaired) electrons. The minimum atomic E-state index is -1.54. The molecule has 0 saturated carbocycles. The molecule has 0 bridgehead atoms. The number of unbranched alkanes of at least 4 members (excludes halogenated alkanes) is 35. The van der Waals surface area contributed by atoms with Crippen molar-refractivity contribution >= 4 is 5.97 Å². The average molecular weight is 978 g/mol. The maximum absolute atomic E-state index is 12.9. The average Bonchev–Trinajstić information content (AvgIpc) is 3.35. The zero-order valence-corrected chi connectivity index (χ0v) is 45.1. The van der Waals surface area contributed by atoms with Crippen molar-refractivity contribution in [3.8, 4) is 0 Å². The molecule has 1 heterocycles. The number of rotatable bonds is 52. The predicted octanol–water partition coefficient (Wildman–Crippen LogP) is 15.4. The predicted molar refractivity (Wildman–Crippen MR) is 288 cm³/mol. The molecular weight excluding hydrogens is 865 g/mol. The van der Waals surface area contributed by atoms with Crippen molar-refractivity contribution in [1.82, 2.24) is 0 Å². The molecule has 9 nitrogen and oxygen atoms in total. The lowest BCUT2D eigenvalue weighted by atomic mass is 9.99. The number of carbonyl (C=O) groups excluding carboxylic acids is 1. The maximum atomic E-state index is 12.9. The van der Waals surface area contributed by atoms with Crippen LogP contribution >= 0.6 is 0 Å². The van der Waals surface area contributed by atoms with E-state index < -0.39 is 43.4 Å². The van der Waals surface area contributed by atoms with Gasteiger partial charge in [-0.2, -0.15) is 0 Å². The van der Waals surface area contributed by atoms with E-state index in [9.17, 15) is 25.2 Å². The van der Waals surface area contributed by atoms with Crippen LogP contribution in [0.15, 0.2) is 36.5 Å². The Morgan fingerprint density at radius 3 is 1.26 bits per heavy atom. The first-order valence-corrected chi connectivity index (χ1v) is 29.6. The smallest absolute Gasteiger partial charge is 0.306 e. The molecule has 0 aromatic rings. The van der Waals surface area contributed by atoms with Gasteiger partial charge >= 0.3 is 5.97 Å². The van der Waals surface area contributed by atoms with Gasteiger partial charge < -0.3 is 39.4 Å². The summed E-state index contributed by atoms with van der Waals surface area (Å²) >= 11 is 0. The van der Waals surface area contributed by atoms with Crippen molar-refractivity contribution in [2.24, 2.45) is 0 Å². The van der Waals surface area contributed by atoms with Gasteiger partial charge in [0.05, 0.1) is 19.8 Å². The van der Waals surface area contributed by atoms with Gasteiger partial charge in [-0.1, -0.05) is 256 Å². The third kappa shape index (κ3) is 41.6. The number of aliphatic hydroxyl groups excluding tert-OH is 4. The summed E-state index contributed by atoms with van der Waals surface area (Å²) in [5.74, 6) is -0.308. The summed E-state index contributed by atoms with van der Waals surface area (Å²) < 4.78 is 23.0. The van der Waals surface area contributed by atoms with Crippen LogP contribution in [0.4, 0.5) is 0 Å². The highest BCUT2D eigenvalue weighted by Crippen LogP contribution is 2.23. The van der Waals surface area contributed by atoms with Gasteiger partial charge in [0.1, 0.15) is 30.5 Å². The van der Waals surface area contributed by atoms with Crippen LogP contribution in [0.25, 0.3) is 0 Å². The molecule has 69 heavy (non-hydrogen) atoms. The normalized spacial score (nSPS) is 19.2. The minimum Gasteiger partial charge on any atom is -0.457 e. The third-order valence-electron chi connectivity index (χ3n) is 13.8. The molecule has 6 unspecified atom stereocenters. The van der Waals surface area contributed by atoms with Crippen molar-refractivity contribution < 1.29 is 44.2 Å². The van der Waals surface area contributed by atoms with Crippen LogP contribution in [-0.2, 0) is 23.7 Å². The zero-order valence-electron chi connectivity index (χ0n) is 45.1. The van der Waals surface area contributed by atoms with Gasteiger partial charge in [-0.3, -0.25) is 4.79 Å². The molecule has 9 heteroatoms. The first-order valence-electron chi connectivity index (χ1n) is 29.6. The Hall–Kier alpha value is -1.59. The summed E-state index contributed by atoms with van der Waals surface area (Å²) in [7, 11) is 0. The highest BCUT2D eigenvalue weighted by Gasteiger charge is 2.44. The molecule has 0 aliphatic carbocycles. The molecular formula is C60H112O9. The molecule has 1 rings (SSSR count). The Balaban J connectivity index is 2.14. The van der Waals surface area contributed by atoms with Gasteiger partial charge in [0.2, 0.25) is 0 Å². The van der Waals surface area contributed by atoms with Crippen LogP contribution in [0.5, 0.6) is 0 Å². The second kappa shape index (κ2) is 51.3. The summed E-state index contributed by atoms with van der Waals surface area (Å²) in [6.07, 6.45) is 57.6. The zero-order chi connectivity index (χ0) is 49.9. The van der Waals surface area contributed by atoms with E-state index in [2.05, 4.69) is 50.3 Å². The van der Waals surface area contributed by atoms with E-state index in [0.717, 1.165) is 44.9 Å². The number of hydrogen-bond acceptors (Lipinski definition) is 9. The molecule has 1 saturated heterocycles. The Kier molecular flexibility index (Phi) is 48.7. The van der Waals surface area contributed by atoms with Crippen molar-refractivity contribution in [2.75, 3.05) is 26.4 Å². The fraction of sp³-hybridized carbons (Fsp3) is 0.883. The minimum absolute atomic E-state index is 0.111. The van der Waals surface area contributed by atoms with E-state index in [1.807, 2.05) is 0 Å². The molecule has 1 aliphatic heterocycles. The largest absolute Gasteiger partial charge is 0.457 e. The maximum Gasteiger partial charge on any atom is 0.306 e. The SMILES string of the molecule is CCCCCCC/C=C\C/C=C\C/C=C\CCCCCCCCCCCCCOCC(COC1OC(CO)C(O)C(O)C1O)OC(=O)CCCCCCCCCCCCCCCCCCCCCC. The van der Waals surface area contributed by atoms with E-state index in [4.69, 9.17) is 18.9 Å². The lowest BCUT2D eigenvalue weighted by Crippen LogP contribution is -2.59. The third-order valence-corrected chi connectivity index (χ3v) is 13.8. The molecule has 1 fully saturated rings. The highest BCUT2D eigenvalue weighted by molar-refractivity contribution is 5.69. The standard InChI is InChI=1S/C60H112O9/c1-3-5-7-9-11-13-15-17-19-21-23-25-26-27-28-29-30-32-34-36-38-40-42-44-46-48-50-66-52-54(53-67-60-59(65)58(64)57(63)55(51-61)69-60)68-56(62)49-47-45-43-41-39-37-35-33-31-24-22-20-18-16-14-12-10-8-6-4-2/h15,17,21,23,26-27,54-55,57-61,63-65H,3-14,16,18-20,22,24-25,28-53H2,1-2H3/b17-15-,23-21-,27-26-. The lowest BCUT2D eigenvalue weighted by Gasteiger charge is -2.39. The van der Waals surface area contributed by atoms with E-state index >= 15 is 0 Å². The molecule has 0 amide bonds. The number of allylic oxidation sites excluding steroid dienone is 6. The van der Waals surface area contributed by atoms with E-state index in [1.165, 1.54) is 212 Å². The van der Waals surface area contributed by atoms with Crippen molar-refractivity contribution in [3.05, 3.63) is 36.5 Å². The van der Waals surface area contributed by atoms with E-state index in [-0.39, 0.29) is 19.2 Å². The van der Waals surface area contributed by atoms with Crippen molar-refractivity contribution in [3.63, 3.8) is 0 Å². The fourth-order valence-electron chi connectivity index (χ4n) is 9.21. The second-order valence-corrected chi connectivity index (χ2v) is 20.5. The van der Waals surface area contributed by atoms with Crippen LogP contribution in [0.1, 0.15) is 277 Å². The van der Waals surface area contributed by atoms with E-state index in [1.54, 1.807) is 0 Å². The fourth-order valence-corrected chi connectivity index (χ4v) is 9.21. The Labute approximate surface area is 425 Å².